The average Bonchev–Trinajstić information content (AvgIpc) is 2.19. The van der Waals surface area contributed by atoms with Crippen LogP contribution in [-0.4, -0.2) is 13.1 Å². The molecule has 0 amide bonds. The summed E-state index contributed by atoms with van der Waals surface area (Å²) in [6.45, 7) is -2.76. The Hall–Kier alpha value is -1.45. The van der Waals surface area contributed by atoms with Crippen LogP contribution >= 0.6 is 0 Å². The summed E-state index contributed by atoms with van der Waals surface area (Å²) in [6.07, 6.45) is 0. The fourth-order valence-corrected chi connectivity index (χ4v) is 0.817. The number of benzene rings is 1. The van der Waals surface area contributed by atoms with Crippen LogP contribution in [0.3, 0.4) is 0 Å². The minimum Gasteiger partial charge on any atom is -0.465 e. The number of rotatable bonds is 1. The molecule has 1 rings (SSSR count). The number of esters is 1. The molecule has 2 nitrogen and oxygen atoms in total. The summed E-state index contributed by atoms with van der Waals surface area (Å²) in [5.41, 5.74) is -1.40. The predicted molar refractivity (Wildman–Crippen MR) is 42.4 cm³/mol. The molecule has 70 valence electrons. The largest absolute Gasteiger partial charge is 0.465 e. The van der Waals surface area contributed by atoms with Crippen molar-refractivity contribution in [3.63, 3.8) is 0 Å². The highest BCUT2D eigenvalue weighted by molar-refractivity contribution is 5.89. The third kappa shape index (κ3) is 1.66. The molecule has 0 fully saturated rings. The van der Waals surface area contributed by atoms with Gasteiger partial charge in [0.25, 0.3) is 0 Å². The predicted octanol–water partition coefficient (Wildman–Crippen LogP) is 2.06. The van der Waals surface area contributed by atoms with Crippen molar-refractivity contribution >= 4 is 5.97 Å². The van der Waals surface area contributed by atoms with Crippen molar-refractivity contribution in [2.75, 3.05) is 7.11 Å². The average molecular weight is 189 g/mol. The van der Waals surface area contributed by atoms with Crippen molar-refractivity contribution in [3.8, 4) is 0 Å². The maximum atomic E-state index is 13.3. The second-order valence-electron chi connectivity index (χ2n) is 2.28. The lowest BCUT2D eigenvalue weighted by Crippen LogP contribution is -2.06. The van der Waals surface area contributed by atoms with Crippen LogP contribution in [0.25, 0.3) is 0 Å². The summed E-state index contributed by atoms with van der Waals surface area (Å²) < 4.78 is 51.7. The van der Waals surface area contributed by atoms with E-state index in [-0.39, 0.29) is 0 Å². The standard InChI is InChI=1S/C9H8F2O2/c1-5-3-4-6(9(12)13-2)8(11)7(5)10/h3-4H,1-2H3/i1D3. The molecule has 4 heteroatoms. The zero-order chi connectivity index (χ0) is 12.5. The van der Waals surface area contributed by atoms with Crippen molar-refractivity contribution in [3.05, 3.63) is 34.9 Å². The number of hydrogen-bond donors (Lipinski definition) is 0. The summed E-state index contributed by atoms with van der Waals surface area (Å²) in [5, 5.41) is 0. The van der Waals surface area contributed by atoms with Gasteiger partial charge in [0, 0.05) is 4.11 Å². The van der Waals surface area contributed by atoms with Crippen molar-refractivity contribution < 1.29 is 22.4 Å². The summed E-state index contributed by atoms with van der Waals surface area (Å²) in [5.74, 6) is -4.13. The molecule has 0 unspecified atom stereocenters. The number of hydrogen-bond acceptors (Lipinski definition) is 2. The second kappa shape index (κ2) is 3.51. The number of halogens is 2. The van der Waals surface area contributed by atoms with E-state index in [1.54, 1.807) is 0 Å². The van der Waals surface area contributed by atoms with Gasteiger partial charge < -0.3 is 4.74 Å². The Bertz CT molecular complexity index is 429. The van der Waals surface area contributed by atoms with Crippen molar-refractivity contribution in [1.82, 2.24) is 0 Å². The van der Waals surface area contributed by atoms with E-state index < -0.39 is 35.6 Å². The van der Waals surface area contributed by atoms with Gasteiger partial charge in [-0.25, -0.2) is 13.6 Å². The van der Waals surface area contributed by atoms with Gasteiger partial charge in [0.15, 0.2) is 11.6 Å². The zero-order valence-corrected chi connectivity index (χ0v) is 6.73. The Morgan fingerprint density at radius 3 is 2.69 bits per heavy atom. The van der Waals surface area contributed by atoms with E-state index in [0.29, 0.717) is 0 Å². The monoisotopic (exact) mass is 189 g/mol. The lowest BCUT2D eigenvalue weighted by atomic mass is 10.1. The van der Waals surface area contributed by atoms with E-state index in [0.717, 1.165) is 19.2 Å². The first-order valence-corrected chi connectivity index (χ1v) is 3.36. The van der Waals surface area contributed by atoms with E-state index in [4.69, 9.17) is 4.11 Å². The maximum Gasteiger partial charge on any atom is 0.340 e. The molecule has 0 aliphatic heterocycles. The molecular formula is C9H8F2O2. The highest BCUT2D eigenvalue weighted by Gasteiger charge is 2.16. The van der Waals surface area contributed by atoms with Crippen LogP contribution in [-0.2, 0) is 4.74 Å². The number of carbonyl (C=O) groups is 1. The topological polar surface area (TPSA) is 26.3 Å². The summed E-state index contributed by atoms with van der Waals surface area (Å²) in [6, 6.07) is 1.73. The summed E-state index contributed by atoms with van der Waals surface area (Å²) >= 11 is 0. The van der Waals surface area contributed by atoms with Crippen LogP contribution < -0.4 is 0 Å². The first-order valence-electron chi connectivity index (χ1n) is 4.86. The molecule has 0 atom stereocenters. The molecule has 0 saturated heterocycles. The fraction of sp³-hybridized carbons (Fsp3) is 0.222. The SMILES string of the molecule is [2H]C([2H])([2H])c1ccc(C(=O)OC)c(F)c1F. The maximum absolute atomic E-state index is 13.3. The lowest BCUT2D eigenvalue weighted by molar-refractivity contribution is 0.0594. The molecule has 0 spiro atoms. The molecule has 13 heavy (non-hydrogen) atoms. The first kappa shape index (κ1) is 6.07. The third-order valence-corrected chi connectivity index (χ3v) is 1.49. The van der Waals surface area contributed by atoms with Crippen LogP contribution in [0.5, 0.6) is 0 Å². The minimum atomic E-state index is -2.76. The van der Waals surface area contributed by atoms with Gasteiger partial charge in [-0.3, -0.25) is 0 Å². The van der Waals surface area contributed by atoms with Gasteiger partial charge in [-0.2, -0.15) is 0 Å². The van der Waals surface area contributed by atoms with Crippen LogP contribution in [0.2, 0.25) is 0 Å². The van der Waals surface area contributed by atoms with Gasteiger partial charge in [-0.1, -0.05) is 6.07 Å². The normalized spacial score (nSPS) is 14.2. The molecule has 0 radical (unpaired) electrons. The number of methoxy groups -OCH3 is 1. The highest BCUT2D eigenvalue weighted by Crippen LogP contribution is 2.15. The van der Waals surface area contributed by atoms with Gasteiger partial charge in [0.2, 0.25) is 0 Å². The van der Waals surface area contributed by atoms with E-state index in [1.807, 2.05) is 0 Å². The number of carbonyl (C=O) groups excluding carboxylic acids is 1. The van der Waals surface area contributed by atoms with E-state index >= 15 is 0 Å². The van der Waals surface area contributed by atoms with Gasteiger partial charge in [-0.15, -0.1) is 0 Å². The Kier molecular flexibility index (Phi) is 1.64. The van der Waals surface area contributed by atoms with Crippen LogP contribution in [0.15, 0.2) is 12.1 Å². The van der Waals surface area contributed by atoms with Crippen molar-refractivity contribution in [1.29, 1.82) is 0 Å². The third-order valence-electron chi connectivity index (χ3n) is 1.49. The first-order chi connectivity index (χ1) is 7.29. The molecule has 1 aromatic rings. The molecule has 0 aliphatic carbocycles. The highest BCUT2D eigenvalue weighted by atomic mass is 19.2. The van der Waals surface area contributed by atoms with Gasteiger partial charge in [0.05, 0.1) is 12.7 Å². The Balaban J connectivity index is 3.35. The van der Waals surface area contributed by atoms with Gasteiger partial charge >= 0.3 is 5.97 Å². The zero-order valence-electron chi connectivity index (χ0n) is 9.73. The molecule has 0 heterocycles. The minimum absolute atomic E-state index is 0.631. The number of ether oxygens (including phenoxy) is 1. The Morgan fingerprint density at radius 1 is 1.46 bits per heavy atom. The summed E-state index contributed by atoms with van der Waals surface area (Å²) in [7, 11) is 1.01. The van der Waals surface area contributed by atoms with Crippen LogP contribution in [0.1, 0.15) is 20.0 Å². The fourth-order valence-electron chi connectivity index (χ4n) is 0.817. The molecule has 0 aliphatic rings. The van der Waals surface area contributed by atoms with E-state index in [9.17, 15) is 13.6 Å². The quantitative estimate of drug-likeness (QED) is 0.632. The van der Waals surface area contributed by atoms with Crippen LogP contribution in [0.4, 0.5) is 8.78 Å². The molecule has 0 saturated carbocycles. The molecular weight excluding hydrogens is 178 g/mol. The lowest BCUT2D eigenvalue weighted by Gasteiger charge is -2.03. The van der Waals surface area contributed by atoms with E-state index in [2.05, 4.69) is 4.74 Å². The molecule has 0 N–H and O–H groups in total. The molecule has 0 aromatic heterocycles. The van der Waals surface area contributed by atoms with Gasteiger partial charge in [0.1, 0.15) is 0 Å². The molecule has 0 bridgehead atoms. The van der Waals surface area contributed by atoms with Crippen molar-refractivity contribution in [2.24, 2.45) is 0 Å². The van der Waals surface area contributed by atoms with Gasteiger partial charge in [-0.05, 0) is 18.5 Å². The Labute approximate surface area is 78.3 Å². The second-order valence-corrected chi connectivity index (χ2v) is 2.28. The van der Waals surface area contributed by atoms with E-state index in [1.165, 1.54) is 0 Å². The van der Waals surface area contributed by atoms with Crippen molar-refractivity contribution in [2.45, 2.75) is 6.85 Å². The number of aryl methyl sites for hydroxylation is 1. The smallest absolute Gasteiger partial charge is 0.340 e. The summed E-state index contributed by atoms with van der Waals surface area (Å²) in [4.78, 5) is 11.0. The molecule has 1 aromatic carbocycles. The van der Waals surface area contributed by atoms with Crippen LogP contribution in [0, 0.1) is 18.5 Å². The Morgan fingerprint density at radius 2 is 2.15 bits per heavy atom.